The zero-order chi connectivity index (χ0) is 28.2. The zero-order valence-corrected chi connectivity index (χ0v) is 20.3. The van der Waals surface area contributed by atoms with Crippen LogP contribution in [0.25, 0.3) is 0 Å². The van der Waals surface area contributed by atoms with Crippen molar-refractivity contribution in [3.8, 4) is 0 Å². The van der Waals surface area contributed by atoms with E-state index in [1.807, 2.05) is 0 Å². The second-order valence-electron chi connectivity index (χ2n) is 8.33. The van der Waals surface area contributed by atoms with Crippen LogP contribution in [-0.2, 0) is 20.9 Å². The van der Waals surface area contributed by atoms with Crippen molar-refractivity contribution in [2.75, 3.05) is 45.8 Å². The minimum absolute atomic E-state index is 0.000214. The SMILES string of the molecule is O=C(O)CN(CCN(CCN(CC(=O)O)Cc1cccc(C(=O)O)n1)C(=O)O)CC1=CC=CC(C(=O)O)N1. The Balaban J connectivity index is 2.03. The zero-order valence-electron chi connectivity index (χ0n) is 20.3. The molecule has 38 heavy (non-hydrogen) atoms. The van der Waals surface area contributed by atoms with Crippen molar-refractivity contribution < 1.29 is 49.5 Å². The number of aromatic nitrogens is 1. The van der Waals surface area contributed by atoms with Gasteiger partial charge in [0.2, 0.25) is 0 Å². The first-order valence-electron chi connectivity index (χ1n) is 11.4. The Morgan fingerprint density at radius 3 is 1.97 bits per heavy atom. The molecule has 0 saturated heterocycles. The summed E-state index contributed by atoms with van der Waals surface area (Å²) in [6.07, 6.45) is 3.26. The molecule has 2 heterocycles. The molecule has 0 radical (unpaired) electrons. The molecular weight excluding hydrogens is 506 g/mol. The molecule has 0 aliphatic carbocycles. The van der Waals surface area contributed by atoms with Gasteiger partial charge in [-0.25, -0.2) is 19.4 Å². The van der Waals surface area contributed by atoms with Crippen LogP contribution >= 0.6 is 0 Å². The highest BCUT2D eigenvalue weighted by molar-refractivity contribution is 5.85. The average Bonchev–Trinajstić information content (AvgIpc) is 2.83. The summed E-state index contributed by atoms with van der Waals surface area (Å²) in [5.41, 5.74) is 0.533. The number of hydrogen-bond acceptors (Lipinski definition) is 9. The first-order valence-corrected chi connectivity index (χ1v) is 11.4. The standard InChI is InChI=1S/C23H29N5O10/c29-19(30)13-26(11-15-3-1-5-17(24-15)21(33)34)7-9-28(23(37)38)10-8-27(14-20(31)32)12-16-4-2-6-18(25-16)22(35)36/h1-6,17,24H,7-14H2,(H,29,30)(H,31,32)(H,33,34)(H,35,36)(H,37,38). The van der Waals surface area contributed by atoms with Crippen molar-refractivity contribution in [1.82, 2.24) is 25.0 Å². The first kappa shape index (κ1) is 29.7. The molecule has 1 amide bonds. The van der Waals surface area contributed by atoms with E-state index in [9.17, 15) is 44.4 Å². The van der Waals surface area contributed by atoms with Gasteiger partial charge in [-0.15, -0.1) is 0 Å². The largest absolute Gasteiger partial charge is 0.480 e. The highest BCUT2D eigenvalue weighted by atomic mass is 16.4. The van der Waals surface area contributed by atoms with E-state index in [1.54, 1.807) is 6.08 Å². The van der Waals surface area contributed by atoms with Crippen molar-refractivity contribution in [2.45, 2.75) is 12.6 Å². The molecular formula is C23H29N5O10. The minimum Gasteiger partial charge on any atom is -0.480 e. The molecule has 1 aromatic heterocycles. The van der Waals surface area contributed by atoms with Gasteiger partial charge in [0.15, 0.2) is 0 Å². The predicted octanol–water partition coefficient (Wildman–Crippen LogP) is -0.470. The van der Waals surface area contributed by atoms with Crippen LogP contribution in [0.4, 0.5) is 4.79 Å². The monoisotopic (exact) mass is 535 g/mol. The lowest BCUT2D eigenvalue weighted by Gasteiger charge is -2.29. The fourth-order valence-electron chi connectivity index (χ4n) is 3.62. The quantitative estimate of drug-likeness (QED) is 0.158. The molecule has 6 N–H and O–H groups in total. The second kappa shape index (κ2) is 14.3. The highest BCUT2D eigenvalue weighted by Crippen LogP contribution is 2.08. The smallest absolute Gasteiger partial charge is 0.407 e. The topological polar surface area (TPSA) is 221 Å². The summed E-state index contributed by atoms with van der Waals surface area (Å²) in [4.78, 5) is 64.7. The van der Waals surface area contributed by atoms with Crippen molar-refractivity contribution in [2.24, 2.45) is 0 Å². The maximum Gasteiger partial charge on any atom is 0.407 e. The number of nitrogens with one attached hydrogen (secondary N) is 1. The molecule has 15 nitrogen and oxygen atoms in total. The number of carboxylic acids is 4. The fourth-order valence-corrected chi connectivity index (χ4v) is 3.62. The fraction of sp³-hybridized carbons (Fsp3) is 0.391. The molecule has 206 valence electrons. The molecule has 0 bridgehead atoms. The summed E-state index contributed by atoms with van der Waals surface area (Å²) in [6, 6.07) is 3.32. The van der Waals surface area contributed by atoms with Gasteiger partial charge in [0.25, 0.3) is 0 Å². The molecule has 0 fully saturated rings. The third-order valence-corrected chi connectivity index (χ3v) is 5.37. The van der Waals surface area contributed by atoms with E-state index in [1.165, 1.54) is 40.2 Å². The van der Waals surface area contributed by atoms with Gasteiger partial charge in [-0.2, -0.15) is 0 Å². The van der Waals surface area contributed by atoms with Gasteiger partial charge >= 0.3 is 30.0 Å². The van der Waals surface area contributed by atoms with Gasteiger partial charge in [0.1, 0.15) is 11.7 Å². The van der Waals surface area contributed by atoms with Crippen LogP contribution in [0.15, 0.2) is 42.1 Å². The van der Waals surface area contributed by atoms with Crippen LogP contribution in [0.1, 0.15) is 16.2 Å². The summed E-state index contributed by atoms with van der Waals surface area (Å²) in [5, 5.41) is 49.2. The number of dihydropyridines is 1. The molecule has 1 aliphatic heterocycles. The number of rotatable bonds is 16. The lowest BCUT2D eigenvalue weighted by atomic mass is 10.1. The Labute approximate surface area is 216 Å². The molecule has 1 atom stereocenters. The summed E-state index contributed by atoms with van der Waals surface area (Å²) < 4.78 is 0. The molecule has 2 rings (SSSR count). The number of amides is 1. The van der Waals surface area contributed by atoms with Crippen LogP contribution in [0.5, 0.6) is 0 Å². The van der Waals surface area contributed by atoms with E-state index >= 15 is 0 Å². The van der Waals surface area contributed by atoms with E-state index in [0.717, 1.165) is 4.90 Å². The number of allylic oxidation sites excluding steroid dienone is 2. The number of nitrogens with zero attached hydrogens (tertiary/aromatic N) is 4. The summed E-state index contributed by atoms with van der Waals surface area (Å²) in [6.45, 7) is -1.13. The third kappa shape index (κ3) is 10.2. The van der Waals surface area contributed by atoms with Crippen LogP contribution in [0, 0.1) is 0 Å². The summed E-state index contributed by atoms with van der Waals surface area (Å²) in [7, 11) is 0. The van der Waals surface area contributed by atoms with Gasteiger partial charge < -0.3 is 35.7 Å². The van der Waals surface area contributed by atoms with Crippen LogP contribution in [0.3, 0.4) is 0 Å². The number of aliphatic carboxylic acids is 3. The van der Waals surface area contributed by atoms with Crippen LogP contribution in [0.2, 0.25) is 0 Å². The van der Waals surface area contributed by atoms with Gasteiger partial charge in [-0.1, -0.05) is 18.2 Å². The maximum absolute atomic E-state index is 11.8. The Bertz CT molecular complexity index is 1110. The van der Waals surface area contributed by atoms with E-state index in [2.05, 4.69) is 10.3 Å². The third-order valence-electron chi connectivity index (χ3n) is 5.37. The van der Waals surface area contributed by atoms with Crippen molar-refractivity contribution in [3.05, 3.63) is 53.5 Å². The Morgan fingerprint density at radius 1 is 0.842 bits per heavy atom. The number of pyridine rings is 1. The molecule has 1 aromatic rings. The highest BCUT2D eigenvalue weighted by Gasteiger charge is 2.22. The van der Waals surface area contributed by atoms with E-state index in [-0.39, 0.29) is 45.0 Å². The van der Waals surface area contributed by atoms with Gasteiger partial charge in [0.05, 0.1) is 18.8 Å². The number of carbonyl (C=O) groups is 5. The maximum atomic E-state index is 11.8. The molecule has 15 heteroatoms. The predicted molar refractivity (Wildman–Crippen MR) is 130 cm³/mol. The number of carboxylic acid groups (broad SMARTS) is 5. The molecule has 1 unspecified atom stereocenters. The Hall–Kier alpha value is -4.50. The molecule has 1 aliphatic rings. The number of aromatic carboxylic acids is 1. The van der Waals surface area contributed by atoms with Crippen LogP contribution < -0.4 is 5.32 Å². The average molecular weight is 536 g/mol. The normalized spacial score (nSPS) is 14.6. The Kier molecular flexibility index (Phi) is 11.2. The summed E-state index contributed by atoms with van der Waals surface area (Å²) >= 11 is 0. The van der Waals surface area contributed by atoms with Gasteiger partial charge in [0, 0.05) is 45.0 Å². The van der Waals surface area contributed by atoms with Gasteiger partial charge in [-0.05, 0) is 18.2 Å². The minimum atomic E-state index is -1.30. The van der Waals surface area contributed by atoms with Crippen molar-refractivity contribution in [3.63, 3.8) is 0 Å². The molecule has 0 aromatic carbocycles. The Morgan fingerprint density at radius 2 is 1.45 bits per heavy atom. The summed E-state index contributed by atoms with van der Waals surface area (Å²) in [5.74, 6) is -4.68. The first-order chi connectivity index (χ1) is 17.9. The number of hydrogen-bond donors (Lipinski definition) is 6. The van der Waals surface area contributed by atoms with E-state index in [4.69, 9.17) is 5.11 Å². The lowest BCUT2D eigenvalue weighted by molar-refractivity contribution is -0.139. The second-order valence-corrected chi connectivity index (χ2v) is 8.33. The molecule has 0 saturated carbocycles. The molecule has 0 spiro atoms. The lowest BCUT2D eigenvalue weighted by Crippen LogP contribution is -2.46. The van der Waals surface area contributed by atoms with Crippen LogP contribution in [-0.4, -0.2) is 127 Å². The van der Waals surface area contributed by atoms with E-state index < -0.39 is 49.1 Å². The van der Waals surface area contributed by atoms with Crippen molar-refractivity contribution in [1.29, 1.82) is 0 Å². The van der Waals surface area contributed by atoms with E-state index in [0.29, 0.717) is 11.4 Å². The van der Waals surface area contributed by atoms with Gasteiger partial charge in [-0.3, -0.25) is 19.4 Å². The van der Waals surface area contributed by atoms with Crippen molar-refractivity contribution >= 4 is 30.0 Å².